The van der Waals surface area contributed by atoms with E-state index in [0.29, 0.717) is 44.5 Å². The Morgan fingerprint density at radius 2 is 0.265 bits per heavy atom. The molecule has 8 bridgehead atoms. The van der Waals surface area contributed by atoms with Crippen LogP contribution in [0.2, 0.25) is 48.4 Å². The van der Waals surface area contributed by atoms with E-state index in [1.807, 2.05) is 0 Å². The number of rotatable bonds is 48. The highest BCUT2D eigenvalue weighted by molar-refractivity contribution is 7.03. The summed E-state index contributed by atoms with van der Waals surface area (Å²) in [6, 6.07) is 44.9. The van der Waals surface area contributed by atoms with Crippen LogP contribution < -0.4 is 0 Å². The summed E-state index contributed by atoms with van der Waals surface area (Å²) in [6.45, 7) is 0.185. The Balaban J connectivity index is 1.01. The maximum absolute atomic E-state index is 11.8. The van der Waals surface area contributed by atoms with E-state index in [0.717, 1.165) is 0 Å². The quantitative estimate of drug-likeness (QED) is 0.0112. The van der Waals surface area contributed by atoms with Crippen LogP contribution in [0.4, 0.5) is 45.5 Å². The Morgan fingerprint density at radius 1 is 0.174 bits per heavy atom. The van der Waals surface area contributed by atoms with Crippen LogP contribution in [-0.2, 0) is 49.4 Å². The first kappa shape index (κ1) is 97.1. The number of non-ortho nitro benzene ring substituents is 8. The van der Waals surface area contributed by atoms with Gasteiger partial charge >= 0.3 is 70.4 Å². The molecular formula is C80H88N16O28Si8. The summed E-state index contributed by atoms with van der Waals surface area (Å²) in [5, 5.41) is 94.4. The first-order chi connectivity index (χ1) is 63.5. The van der Waals surface area contributed by atoms with E-state index in [1.165, 1.54) is 97.1 Å². The van der Waals surface area contributed by atoms with Gasteiger partial charge in [-0.2, -0.15) is 0 Å². The smallest absolute Gasteiger partial charge is 0.373 e. The molecule has 0 aliphatic carbocycles. The molecule has 6 fully saturated rings. The molecule has 0 N–H and O–H groups in total. The molecule has 0 unspecified atom stereocenters. The molecule has 0 radical (unpaired) electrons. The van der Waals surface area contributed by atoms with Gasteiger partial charge in [0.25, 0.3) is 45.5 Å². The van der Waals surface area contributed by atoms with Crippen molar-refractivity contribution >= 4 is 166 Å². The van der Waals surface area contributed by atoms with Crippen molar-refractivity contribution in [3.8, 4) is 0 Å². The Kier molecular flexibility index (Phi) is 32.9. The first-order valence-electron chi connectivity index (χ1n) is 41.9. The summed E-state index contributed by atoms with van der Waals surface area (Å²) in [7, 11) is -40.2. The zero-order valence-corrected chi connectivity index (χ0v) is 78.7. The largest absolute Gasteiger partial charge is 0.478 e. The second-order valence-corrected chi connectivity index (χ2v) is 55.3. The van der Waals surface area contributed by atoms with Gasteiger partial charge in [-0.25, -0.2) is 0 Å². The van der Waals surface area contributed by atoms with Crippen LogP contribution in [-0.4, -0.2) is 212 Å². The topological polar surface area (TPSA) is 555 Å². The number of benzene rings is 8. The number of nitrogens with zero attached hydrogens (tertiary/aromatic N) is 16. The van der Waals surface area contributed by atoms with Crippen molar-refractivity contribution in [2.75, 3.05) is 52.4 Å². The summed E-state index contributed by atoms with van der Waals surface area (Å²) in [5.74, 6) is 0. The molecule has 0 spiro atoms. The number of nitro benzene ring substituents is 8. The molecule has 0 amide bonds. The molecule has 52 heteroatoms. The van der Waals surface area contributed by atoms with E-state index in [9.17, 15) is 80.9 Å². The maximum atomic E-state index is 11.8. The van der Waals surface area contributed by atoms with Gasteiger partial charge in [-0.05, 0) is 193 Å². The van der Waals surface area contributed by atoms with Crippen LogP contribution in [0.5, 0.6) is 0 Å². The third-order valence-corrected chi connectivity index (χ3v) is 58.2. The third-order valence-electron chi connectivity index (χ3n) is 20.6. The Bertz CT molecular complexity index is 4590. The lowest BCUT2D eigenvalue weighted by molar-refractivity contribution is -0.385. The lowest BCUT2D eigenvalue weighted by Crippen LogP contribution is -2.88. The Morgan fingerprint density at radius 3 is 0.348 bits per heavy atom. The molecule has 6 heterocycles. The van der Waals surface area contributed by atoms with Gasteiger partial charge < -0.3 is 49.4 Å². The van der Waals surface area contributed by atoms with Crippen LogP contribution in [0.3, 0.4) is 0 Å². The fourth-order valence-corrected chi connectivity index (χ4v) is 64.8. The number of hydrogen-bond donors (Lipinski definition) is 0. The van der Waals surface area contributed by atoms with E-state index >= 15 is 0 Å². The van der Waals surface area contributed by atoms with Crippen molar-refractivity contribution in [2.45, 2.75) is 99.7 Å². The van der Waals surface area contributed by atoms with E-state index in [-0.39, 0.29) is 198 Å². The molecule has 6 aliphatic rings. The van der Waals surface area contributed by atoms with E-state index in [2.05, 4.69) is 0 Å². The summed E-state index contributed by atoms with van der Waals surface area (Å²) >= 11 is 0. The average Bonchev–Trinajstić information content (AvgIpc) is 0.684. The summed E-state index contributed by atoms with van der Waals surface area (Å²) in [4.78, 5) is 129. The van der Waals surface area contributed by atoms with E-state index < -0.39 is 110 Å². The SMILES string of the molecule is O=[N+]([O-])c1ccc(C=NCCC[Si]23O[Si]4(CCCN=Cc5ccc([N+](=O)[O-])cc5)O[Si]5(CCCN=Cc6ccc([N+](=O)[O-])cc6)O[Si](CCCN=Cc6ccc([N+](=O)[O-])cc6)(O2)O[Si]2(CCCN=Cc6ccc([N+](=O)[O-])cc6)O[Si](CCCN=Cc6ccc([N+](=O)[O-])cc6)(O3)O[Si](CCCN=Cc3ccc([N+](=O)[O-])cc3)(O4)O[Si](CCCN=Cc3ccc([N+](=O)[O-])cc3)(O5)O2)cc1. The molecular weight excluding hydrogens is 1860 g/mol. The summed E-state index contributed by atoms with van der Waals surface area (Å²) in [5.41, 5.74) is 3.03. The van der Waals surface area contributed by atoms with Gasteiger partial charge in [-0.1, -0.05) is 0 Å². The predicted octanol–water partition coefficient (Wildman–Crippen LogP) is 15.1. The van der Waals surface area contributed by atoms with Crippen molar-refractivity contribution < 1.29 is 88.8 Å². The lowest BCUT2D eigenvalue weighted by Gasteiger charge is -2.63. The first-order valence-corrected chi connectivity index (χ1v) is 57.4. The third kappa shape index (κ3) is 26.9. The molecule has 0 saturated carbocycles. The maximum Gasteiger partial charge on any atom is 0.478 e. The molecule has 0 atom stereocenters. The molecule has 0 aromatic heterocycles. The number of aliphatic imine (C=N–C) groups is 8. The van der Waals surface area contributed by atoms with Crippen molar-refractivity contribution in [1.82, 2.24) is 0 Å². The van der Waals surface area contributed by atoms with Gasteiger partial charge in [0, 0.05) is 247 Å². The number of nitro groups is 8. The Hall–Kier alpha value is -12.4. The van der Waals surface area contributed by atoms with Gasteiger partial charge in [-0.3, -0.25) is 121 Å². The van der Waals surface area contributed by atoms with E-state index in [4.69, 9.17) is 89.3 Å². The fraction of sp³-hybridized carbons (Fsp3) is 0.300. The monoisotopic (exact) mass is 1940 g/mol. The summed E-state index contributed by atoms with van der Waals surface area (Å²) in [6.07, 6.45) is 13.0. The molecule has 6 aliphatic heterocycles. The summed E-state index contributed by atoms with van der Waals surface area (Å²) < 4.78 is 98.1. The van der Waals surface area contributed by atoms with Gasteiger partial charge in [-0.15, -0.1) is 0 Å². The molecule has 14 rings (SSSR count). The van der Waals surface area contributed by atoms with Crippen LogP contribution in [0, 0.1) is 80.9 Å². The molecule has 44 nitrogen and oxygen atoms in total. The standard InChI is InChI=1S/C80H88N16O28Si8/c97-89(98)73-25-9-65(10-26-73)57-81-41-1-49-125-113-126(50-2-42-82-58-66-11-27-74(28-12-66)90(99)100)116-129(53-5-45-85-61-69-17-33-77(34-18-69)93(105)106)118-127(114-125,51-3-43-83-59-67-13-29-75(30-14-67)91(101)102)120-131(55-7-47-87-63-71-21-37-79(38-22-71)95(109)110)121-128(115-125,52-4-44-84-60-68-15-31-76(32-16-68)92(103)104)119-130(117-126,54-6-46-86-62-70-19-35-78(36-20-70)94(107)108)123-132(122-129,124-131)56-8-48-88-64-72-23-39-80(40-24-72)96(111)112/h9-40,57-64H,1-8,41-56H2. The van der Waals surface area contributed by atoms with Crippen LogP contribution in [0.25, 0.3) is 0 Å². The van der Waals surface area contributed by atoms with Gasteiger partial charge in [0.05, 0.1) is 39.4 Å². The van der Waals surface area contributed by atoms with Crippen LogP contribution in [0.1, 0.15) is 95.9 Å². The highest BCUT2D eigenvalue weighted by atomic mass is 28.6. The molecule has 8 aromatic rings. The highest BCUT2D eigenvalue weighted by Gasteiger charge is 2.83. The van der Waals surface area contributed by atoms with Gasteiger partial charge in [0.1, 0.15) is 0 Å². The van der Waals surface area contributed by atoms with Gasteiger partial charge in [0.2, 0.25) is 0 Å². The second kappa shape index (κ2) is 44.7. The van der Waals surface area contributed by atoms with Crippen LogP contribution in [0.15, 0.2) is 234 Å². The predicted molar refractivity (Wildman–Crippen MR) is 499 cm³/mol. The Labute approximate surface area is 761 Å². The van der Waals surface area contributed by atoms with Crippen LogP contribution >= 0.6 is 0 Å². The molecule has 688 valence electrons. The van der Waals surface area contributed by atoms with Crippen molar-refractivity contribution in [3.05, 3.63) is 320 Å². The second-order valence-electron chi connectivity index (χ2n) is 30.6. The van der Waals surface area contributed by atoms with Crippen molar-refractivity contribution in [1.29, 1.82) is 0 Å². The minimum absolute atomic E-state index is 0.0231. The fourth-order valence-electron chi connectivity index (χ4n) is 14.5. The van der Waals surface area contributed by atoms with Gasteiger partial charge in [0.15, 0.2) is 0 Å². The minimum atomic E-state index is -5.02. The highest BCUT2D eigenvalue weighted by Crippen LogP contribution is 2.55. The zero-order valence-electron chi connectivity index (χ0n) is 70.7. The van der Waals surface area contributed by atoms with Crippen molar-refractivity contribution in [2.24, 2.45) is 39.9 Å². The molecule has 132 heavy (non-hydrogen) atoms. The molecule has 6 saturated heterocycles. The normalized spacial score (nSPS) is 23.4. The number of hydrogen-bond acceptors (Lipinski definition) is 36. The zero-order chi connectivity index (χ0) is 93.3. The average molecular weight is 1950 g/mol. The minimum Gasteiger partial charge on any atom is -0.373 e. The van der Waals surface area contributed by atoms with E-state index in [1.54, 1.807) is 147 Å². The molecule has 8 aromatic carbocycles. The lowest BCUT2D eigenvalue weighted by atomic mass is 10.2. The van der Waals surface area contributed by atoms with Crippen molar-refractivity contribution in [3.63, 3.8) is 0 Å².